The molecule has 1 aliphatic rings. The summed E-state index contributed by atoms with van der Waals surface area (Å²) in [6.07, 6.45) is 3.27. The number of benzene rings is 1. The fraction of sp³-hybridized carbons (Fsp3) is 0.467. The number of hydrogen-bond donors (Lipinski definition) is 2. The second-order valence-electron chi connectivity index (χ2n) is 5.18. The lowest BCUT2D eigenvalue weighted by molar-refractivity contribution is -0.142. The highest BCUT2D eigenvalue weighted by Gasteiger charge is 2.28. The van der Waals surface area contributed by atoms with Crippen molar-refractivity contribution in [1.29, 1.82) is 0 Å². The van der Waals surface area contributed by atoms with Crippen molar-refractivity contribution >= 4 is 40.7 Å². The predicted molar refractivity (Wildman–Crippen MR) is 89.8 cm³/mol. The zero-order valence-corrected chi connectivity index (χ0v) is 13.9. The van der Waals surface area contributed by atoms with Gasteiger partial charge in [-0.3, -0.25) is 5.43 Å². The average molecular weight is 344 g/mol. The van der Waals surface area contributed by atoms with Crippen LogP contribution < -0.4 is 5.43 Å². The molecule has 5 nitrogen and oxygen atoms in total. The number of hydrazone groups is 1. The van der Waals surface area contributed by atoms with Crippen molar-refractivity contribution in [3.63, 3.8) is 0 Å². The van der Waals surface area contributed by atoms with Crippen LogP contribution in [0.5, 0.6) is 0 Å². The first-order valence-electron chi connectivity index (χ1n) is 7.30. The van der Waals surface area contributed by atoms with Gasteiger partial charge in [-0.1, -0.05) is 30.1 Å². The minimum absolute atomic E-state index is 0.476. The summed E-state index contributed by atoms with van der Waals surface area (Å²) in [6.45, 7) is 2.58. The Morgan fingerprint density at radius 3 is 2.86 bits per heavy atom. The van der Waals surface area contributed by atoms with Crippen LogP contribution in [0.25, 0.3) is 0 Å². The number of rotatable bonds is 5. The van der Waals surface area contributed by atoms with Gasteiger partial charge in [0, 0.05) is 18.0 Å². The maximum absolute atomic E-state index is 11.4. The van der Waals surface area contributed by atoms with Gasteiger partial charge in [0.2, 0.25) is 0 Å². The highest BCUT2D eigenvalue weighted by atomic mass is 35.5. The minimum Gasteiger partial charge on any atom is -0.480 e. The number of amidine groups is 1. The zero-order valence-electron chi connectivity index (χ0n) is 12.4. The van der Waals surface area contributed by atoms with Crippen molar-refractivity contribution < 1.29 is 9.90 Å². The van der Waals surface area contributed by atoms with Crippen LogP contribution in [0.1, 0.15) is 32.6 Å². The third kappa shape index (κ3) is 4.05. The fourth-order valence-corrected chi connectivity index (χ4v) is 2.98. The average Bonchev–Trinajstić information content (AvgIpc) is 2.48. The molecule has 1 atom stereocenters. The summed E-state index contributed by atoms with van der Waals surface area (Å²) in [6, 6.07) is 4.56. The molecule has 0 aromatic heterocycles. The number of nitrogens with one attached hydrogen (secondary N) is 1. The number of carboxylic acid groups (broad SMARTS) is 1. The van der Waals surface area contributed by atoms with Crippen molar-refractivity contribution in [3.8, 4) is 0 Å². The van der Waals surface area contributed by atoms with Crippen molar-refractivity contribution in [3.05, 3.63) is 28.2 Å². The van der Waals surface area contributed by atoms with E-state index in [1.807, 2.05) is 11.8 Å². The number of anilines is 1. The number of aliphatic carboxylic acids is 1. The van der Waals surface area contributed by atoms with Gasteiger partial charge in [0.25, 0.3) is 0 Å². The Balaban J connectivity index is 2.17. The molecule has 2 N–H and O–H groups in total. The Hall–Kier alpha value is -1.46. The van der Waals surface area contributed by atoms with Crippen molar-refractivity contribution in [2.75, 3.05) is 12.0 Å². The lowest BCUT2D eigenvalue weighted by Crippen LogP contribution is -2.47. The van der Waals surface area contributed by atoms with E-state index in [0.29, 0.717) is 28.7 Å². The third-order valence-electron chi connectivity index (χ3n) is 3.67. The van der Waals surface area contributed by atoms with Crippen molar-refractivity contribution in [2.45, 2.75) is 38.6 Å². The van der Waals surface area contributed by atoms with Crippen LogP contribution in [0.15, 0.2) is 23.3 Å². The van der Waals surface area contributed by atoms with Gasteiger partial charge in [0.05, 0.1) is 10.7 Å². The summed E-state index contributed by atoms with van der Waals surface area (Å²) in [4.78, 5) is 13.3. The quantitative estimate of drug-likeness (QED) is 0.791. The molecular formula is C15H19Cl2N3O2. The van der Waals surface area contributed by atoms with E-state index in [1.165, 1.54) is 0 Å². The molecule has 0 radical (unpaired) electrons. The minimum atomic E-state index is -0.818. The fourth-order valence-electron chi connectivity index (χ4n) is 2.53. The van der Waals surface area contributed by atoms with Gasteiger partial charge in [-0.05, 0) is 37.5 Å². The summed E-state index contributed by atoms with van der Waals surface area (Å²) < 4.78 is 0. The van der Waals surface area contributed by atoms with E-state index in [0.717, 1.165) is 25.1 Å². The van der Waals surface area contributed by atoms with Crippen LogP contribution in [0.2, 0.25) is 10.0 Å². The Kier molecular flexibility index (Phi) is 5.91. The molecule has 2 rings (SSSR count). The van der Waals surface area contributed by atoms with E-state index >= 15 is 0 Å². The molecule has 1 saturated heterocycles. The summed E-state index contributed by atoms with van der Waals surface area (Å²) in [5.41, 5.74) is 3.57. The Labute approximate surface area is 139 Å². The summed E-state index contributed by atoms with van der Waals surface area (Å²) in [5.74, 6) is -0.0619. The van der Waals surface area contributed by atoms with Gasteiger partial charge in [-0.25, -0.2) is 4.79 Å². The number of hydrogen-bond acceptors (Lipinski definition) is 3. The lowest BCUT2D eigenvalue weighted by Gasteiger charge is -2.34. The van der Waals surface area contributed by atoms with Gasteiger partial charge in [-0.2, -0.15) is 5.10 Å². The first-order chi connectivity index (χ1) is 10.5. The Morgan fingerprint density at radius 1 is 1.45 bits per heavy atom. The summed E-state index contributed by atoms with van der Waals surface area (Å²) in [5, 5.41) is 14.8. The van der Waals surface area contributed by atoms with Gasteiger partial charge < -0.3 is 10.0 Å². The topological polar surface area (TPSA) is 64.9 Å². The van der Waals surface area contributed by atoms with Crippen molar-refractivity contribution in [2.24, 2.45) is 5.10 Å². The van der Waals surface area contributed by atoms with Crippen LogP contribution >= 0.6 is 23.2 Å². The van der Waals surface area contributed by atoms with E-state index in [1.54, 1.807) is 18.2 Å². The maximum atomic E-state index is 11.4. The second kappa shape index (κ2) is 7.70. The molecule has 0 bridgehead atoms. The van der Waals surface area contributed by atoms with E-state index in [-0.39, 0.29) is 0 Å². The van der Waals surface area contributed by atoms with Gasteiger partial charge in [0.15, 0.2) is 0 Å². The molecule has 1 aliphatic heterocycles. The van der Waals surface area contributed by atoms with Crippen LogP contribution in [0.4, 0.5) is 5.69 Å². The van der Waals surface area contributed by atoms with Crippen LogP contribution in [0.3, 0.4) is 0 Å². The van der Waals surface area contributed by atoms with Gasteiger partial charge in [-0.15, -0.1) is 0 Å². The predicted octanol–water partition coefficient (Wildman–Crippen LogP) is 4.07. The number of nitrogens with zero attached hydrogens (tertiary/aromatic N) is 2. The molecular weight excluding hydrogens is 325 g/mol. The molecule has 0 spiro atoms. The SMILES string of the molecule is CCC(C(=O)O)N1CCCCC1=NNc1ccc(Cl)cc1Cl. The molecule has 120 valence electrons. The van der Waals surface area contributed by atoms with E-state index in [9.17, 15) is 9.90 Å². The van der Waals surface area contributed by atoms with Crippen molar-refractivity contribution in [1.82, 2.24) is 4.90 Å². The molecule has 0 amide bonds. The Morgan fingerprint density at radius 2 is 2.23 bits per heavy atom. The smallest absolute Gasteiger partial charge is 0.326 e. The first-order valence-corrected chi connectivity index (χ1v) is 8.05. The molecule has 0 saturated carbocycles. The largest absolute Gasteiger partial charge is 0.480 e. The molecule has 1 unspecified atom stereocenters. The number of halogens is 2. The van der Waals surface area contributed by atoms with Crippen LogP contribution in [-0.4, -0.2) is 34.4 Å². The number of likely N-dealkylation sites (tertiary alicyclic amines) is 1. The lowest BCUT2D eigenvalue weighted by atomic mass is 10.1. The van der Waals surface area contributed by atoms with E-state index in [2.05, 4.69) is 10.5 Å². The molecule has 1 fully saturated rings. The molecule has 0 aliphatic carbocycles. The highest BCUT2D eigenvalue weighted by Crippen LogP contribution is 2.26. The molecule has 1 aromatic rings. The summed E-state index contributed by atoms with van der Waals surface area (Å²) >= 11 is 12.0. The first kappa shape index (κ1) is 16.9. The Bertz CT molecular complexity index is 578. The number of piperidine rings is 1. The molecule has 7 heteroatoms. The molecule has 22 heavy (non-hydrogen) atoms. The number of carboxylic acids is 1. The van der Waals surface area contributed by atoms with Gasteiger partial charge in [0.1, 0.15) is 11.9 Å². The van der Waals surface area contributed by atoms with Crippen LogP contribution in [0, 0.1) is 0 Å². The zero-order chi connectivity index (χ0) is 16.1. The van der Waals surface area contributed by atoms with Crippen LogP contribution in [-0.2, 0) is 4.79 Å². The van der Waals surface area contributed by atoms with Gasteiger partial charge >= 0.3 is 5.97 Å². The van der Waals surface area contributed by atoms with E-state index < -0.39 is 12.0 Å². The monoisotopic (exact) mass is 343 g/mol. The standard InChI is InChI=1S/C15H19Cl2N3O2/c1-2-13(15(21)22)20-8-4-3-5-14(20)19-18-12-7-6-10(16)9-11(12)17/h6-7,9,13,18H,2-5,8H2,1H3,(H,21,22). The highest BCUT2D eigenvalue weighted by molar-refractivity contribution is 6.36. The molecule has 1 heterocycles. The second-order valence-corrected chi connectivity index (χ2v) is 6.02. The van der Waals surface area contributed by atoms with E-state index in [4.69, 9.17) is 23.2 Å². The maximum Gasteiger partial charge on any atom is 0.326 e. The third-order valence-corrected chi connectivity index (χ3v) is 4.21. The normalized spacial score (nSPS) is 18.3. The summed E-state index contributed by atoms with van der Waals surface area (Å²) in [7, 11) is 0. The number of carbonyl (C=O) groups is 1. The molecule has 1 aromatic carbocycles.